The van der Waals surface area contributed by atoms with Gasteiger partial charge >= 0.3 is 0 Å². The highest BCUT2D eigenvalue weighted by Crippen LogP contribution is 2.28. The molecule has 0 unspecified atom stereocenters. The van der Waals surface area contributed by atoms with Crippen molar-refractivity contribution >= 4 is 27.9 Å². The monoisotopic (exact) mass is 558 g/mol. The van der Waals surface area contributed by atoms with E-state index in [0.717, 1.165) is 55.7 Å². The van der Waals surface area contributed by atoms with Crippen molar-refractivity contribution in [2.75, 3.05) is 0 Å². The molecule has 2 heterocycles. The largest absolute Gasteiger partial charge is 0.383 e. The predicted octanol–water partition coefficient (Wildman–Crippen LogP) is 8.05. The number of aromatic nitrogens is 4. The Balaban J connectivity index is 1.22. The van der Waals surface area contributed by atoms with Gasteiger partial charge in [-0.1, -0.05) is 44.2 Å². The highest BCUT2D eigenvalue weighted by Gasteiger charge is 2.13. The Morgan fingerprint density at radius 1 is 0.786 bits per heavy atom. The third-order valence-corrected chi connectivity index (χ3v) is 7.67. The lowest BCUT2D eigenvalue weighted by Gasteiger charge is -2.10. The Hall–Kier alpha value is -4.78. The molecule has 6 nitrogen and oxygen atoms in total. The molecule has 0 amide bonds. The van der Waals surface area contributed by atoms with Crippen molar-refractivity contribution in [2.24, 2.45) is 10.7 Å². The Bertz CT molecular complexity index is 1960. The van der Waals surface area contributed by atoms with Crippen molar-refractivity contribution in [3.05, 3.63) is 106 Å². The molecule has 2 aromatic heterocycles. The highest BCUT2D eigenvalue weighted by molar-refractivity contribution is 6.00. The number of hydrogen-bond acceptors (Lipinski definition) is 3. The van der Waals surface area contributed by atoms with Gasteiger partial charge in [0.1, 0.15) is 23.3 Å². The number of imidazole rings is 2. The fourth-order valence-electron chi connectivity index (χ4n) is 5.27. The number of H-pyrrole nitrogens is 2. The smallest absolute Gasteiger partial charge is 0.138 e. The quantitative estimate of drug-likeness (QED) is 0.137. The molecule has 0 fully saturated rings. The zero-order chi connectivity index (χ0) is 29.5. The van der Waals surface area contributed by atoms with Crippen LogP contribution < -0.4 is 5.73 Å². The number of fused-ring (bicyclic) bond motifs is 2. The summed E-state index contributed by atoms with van der Waals surface area (Å²) in [5, 5.41) is 0. The lowest BCUT2D eigenvalue weighted by Crippen LogP contribution is -2.15. The first kappa shape index (κ1) is 27.4. The summed E-state index contributed by atoms with van der Waals surface area (Å²) in [6.45, 7) is 10.4. The van der Waals surface area contributed by atoms with E-state index in [1.54, 1.807) is 6.07 Å². The molecule has 0 aliphatic carbocycles. The lowest BCUT2D eigenvalue weighted by atomic mass is 9.97. The maximum absolute atomic E-state index is 15.3. The van der Waals surface area contributed by atoms with Crippen molar-refractivity contribution in [1.29, 1.82) is 0 Å². The molecular formula is C35H35FN6. The number of nitrogens with two attached hydrogens (primary N) is 1. The summed E-state index contributed by atoms with van der Waals surface area (Å²) < 4.78 is 15.3. The lowest BCUT2D eigenvalue weighted by molar-refractivity contribution is 0.614. The third-order valence-electron chi connectivity index (χ3n) is 7.67. The van der Waals surface area contributed by atoms with E-state index in [2.05, 4.69) is 65.0 Å². The Labute approximate surface area is 245 Å². The van der Waals surface area contributed by atoms with E-state index in [1.807, 2.05) is 56.3 Å². The van der Waals surface area contributed by atoms with E-state index in [4.69, 9.17) is 10.7 Å². The molecule has 0 saturated heterocycles. The standard InChI is InChI=1S/C35H35FN6/c1-19(2)22-10-12-29-31(17-22)41-35(40-29)27-9-7-24(28(36)16-27)15-23-6-8-26(14-21(23)5)34-39-30-13-11-25(18-32(30)42-34)33(37)38-20(3)4/h6-14,16-20H,15H2,1-5H3,(H2,37,38)(H,39,42)(H,40,41). The second kappa shape index (κ2) is 10.9. The molecule has 4 N–H and O–H groups in total. The van der Waals surface area contributed by atoms with Crippen LogP contribution in [-0.2, 0) is 6.42 Å². The average molecular weight is 559 g/mol. The van der Waals surface area contributed by atoms with E-state index >= 15 is 4.39 Å². The van der Waals surface area contributed by atoms with Crippen LogP contribution in [0.1, 0.15) is 61.4 Å². The van der Waals surface area contributed by atoms with Crippen LogP contribution in [0.2, 0.25) is 0 Å². The summed E-state index contributed by atoms with van der Waals surface area (Å²) in [4.78, 5) is 20.7. The fourth-order valence-corrected chi connectivity index (χ4v) is 5.27. The SMILES string of the molecule is Cc1cc(-c2nc3ccc(C(N)=NC(C)C)cc3[nH]2)ccc1Cc1ccc(-c2nc3ccc(C(C)C)cc3[nH]2)cc1F. The number of nitrogens with one attached hydrogen (secondary N) is 2. The van der Waals surface area contributed by atoms with Crippen molar-refractivity contribution in [2.45, 2.75) is 53.0 Å². The molecule has 42 heavy (non-hydrogen) atoms. The van der Waals surface area contributed by atoms with Crippen LogP contribution >= 0.6 is 0 Å². The van der Waals surface area contributed by atoms with Crippen LogP contribution in [0.25, 0.3) is 44.8 Å². The van der Waals surface area contributed by atoms with E-state index < -0.39 is 0 Å². The van der Waals surface area contributed by atoms with Gasteiger partial charge in [-0.2, -0.15) is 0 Å². The molecule has 4 aromatic carbocycles. The molecule has 0 aliphatic rings. The summed E-state index contributed by atoms with van der Waals surface area (Å²) in [7, 11) is 0. The van der Waals surface area contributed by atoms with E-state index in [-0.39, 0.29) is 11.9 Å². The second-order valence-electron chi connectivity index (χ2n) is 11.6. The van der Waals surface area contributed by atoms with Crippen molar-refractivity contribution in [3.63, 3.8) is 0 Å². The number of aliphatic imine (C=N–C) groups is 1. The van der Waals surface area contributed by atoms with Crippen LogP contribution in [0, 0.1) is 12.7 Å². The summed E-state index contributed by atoms with van der Waals surface area (Å²) in [5.74, 6) is 2.15. The Morgan fingerprint density at radius 2 is 1.40 bits per heavy atom. The van der Waals surface area contributed by atoms with Crippen LogP contribution in [0.4, 0.5) is 4.39 Å². The van der Waals surface area contributed by atoms with Crippen molar-refractivity contribution in [3.8, 4) is 22.8 Å². The average Bonchev–Trinajstić information content (AvgIpc) is 3.58. The van der Waals surface area contributed by atoms with Gasteiger partial charge in [0.05, 0.1) is 22.1 Å². The first-order chi connectivity index (χ1) is 20.1. The number of aromatic amines is 2. The Kier molecular flexibility index (Phi) is 7.11. The van der Waals surface area contributed by atoms with E-state index in [0.29, 0.717) is 29.6 Å². The topological polar surface area (TPSA) is 95.7 Å². The van der Waals surface area contributed by atoms with Gasteiger partial charge in [-0.3, -0.25) is 4.99 Å². The summed E-state index contributed by atoms with van der Waals surface area (Å²) >= 11 is 0. The molecular weight excluding hydrogens is 523 g/mol. The van der Waals surface area contributed by atoms with Crippen LogP contribution in [0.3, 0.4) is 0 Å². The summed E-state index contributed by atoms with van der Waals surface area (Å²) in [5.41, 5.74) is 16.4. The van der Waals surface area contributed by atoms with Gasteiger partial charge in [0.15, 0.2) is 0 Å². The van der Waals surface area contributed by atoms with Gasteiger partial charge in [-0.25, -0.2) is 14.4 Å². The van der Waals surface area contributed by atoms with Crippen LogP contribution in [0.15, 0.2) is 77.8 Å². The molecule has 0 aliphatic heterocycles. The molecule has 6 aromatic rings. The molecule has 7 heteroatoms. The second-order valence-corrected chi connectivity index (χ2v) is 11.6. The molecule has 0 saturated carbocycles. The van der Waals surface area contributed by atoms with E-state index in [1.165, 1.54) is 5.56 Å². The maximum atomic E-state index is 15.3. The minimum Gasteiger partial charge on any atom is -0.383 e. The molecule has 0 radical (unpaired) electrons. The fraction of sp³-hybridized carbons (Fsp3) is 0.229. The molecule has 0 atom stereocenters. The number of benzene rings is 4. The molecule has 6 rings (SSSR count). The van der Waals surface area contributed by atoms with E-state index in [9.17, 15) is 0 Å². The minimum absolute atomic E-state index is 0.126. The molecule has 212 valence electrons. The number of nitrogens with zero attached hydrogens (tertiary/aromatic N) is 3. The van der Waals surface area contributed by atoms with Gasteiger partial charge in [0.2, 0.25) is 0 Å². The minimum atomic E-state index is -0.243. The number of hydrogen-bond donors (Lipinski definition) is 3. The normalized spacial score (nSPS) is 12.3. The Morgan fingerprint density at radius 3 is 2.02 bits per heavy atom. The van der Waals surface area contributed by atoms with Gasteiger partial charge in [0, 0.05) is 29.2 Å². The van der Waals surface area contributed by atoms with Gasteiger partial charge < -0.3 is 15.7 Å². The zero-order valence-electron chi connectivity index (χ0n) is 24.6. The van der Waals surface area contributed by atoms with Crippen LogP contribution in [0.5, 0.6) is 0 Å². The third kappa shape index (κ3) is 5.42. The first-order valence-electron chi connectivity index (χ1n) is 14.4. The van der Waals surface area contributed by atoms with Gasteiger partial charge in [-0.05, 0) is 91.4 Å². The number of halogens is 1. The number of rotatable bonds is 7. The molecule has 0 bridgehead atoms. The van der Waals surface area contributed by atoms with Crippen LogP contribution in [-0.4, -0.2) is 31.8 Å². The summed E-state index contributed by atoms with van der Waals surface area (Å²) in [6, 6.07) is 23.8. The molecule has 0 spiro atoms. The number of amidine groups is 1. The van der Waals surface area contributed by atoms with Crippen molar-refractivity contribution < 1.29 is 4.39 Å². The highest BCUT2D eigenvalue weighted by atomic mass is 19.1. The zero-order valence-corrected chi connectivity index (χ0v) is 24.6. The predicted molar refractivity (Wildman–Crippen MR) is 171 cm³/mol. The maximum Gasteiger partial charge on any atom is 0.138 e. The number of aryl methyl sites for hydroxylation is 1. The first-order valence-corrected chi connectivity index (χ1v) is 14.4. The van der Waals surface area contributed by atoms with Gasteiger partial charge in [0.25, 0.3) is 0 Å². The summed E-state index contributed by atoms with van der Waals surface area (Å²) in [6.07, 6.45) is 0.494. The van der Waals surface area contributed by atoms with Crippen molar-refractivity contribution in [1.82, 2.24) is 19.9 Å². The van der Waals surface area contributed by atoms with Gasteiger partial charge in [-0.15, -0.1) is 0 Å².